The molecule has 1 aliphatic carbocycles. The number of nitrogens with zero attached hydrogens (tertiary/aromatic N) is 11. The Morgan fingerprint density at radius 3 is 0.746 bits per heavy atom. The minimum atomic E-state index is 0.641. The minimum Gasteiger partial charge on any atom is -0.309 e. The zero-order chi connectivity index (χ0) is 82.9. The van der Waals surface area contributed by atoms with Gasteiger partial charge in [-0.25, -0.2) is 29.9 Å². The third-order valence-corrected chi connectivity index (χ3v) is 25.3. The molecule has 126 heavy (non-hydrogen) atoms. The summed E-state index contributed by atoms with van der Waals surface area (Å²) in [6.45, 7) is 0. The maximum atomic E-state index is 5.08. The van der Waals surface area contributed by atoms with Gasteiger partial charge in [-0.2, -0.15) is 0 Å². The molecule has 0 N–H and O–H groups in total. The highest BCUT2D eigenvalue weighted by molar-refractivity contribution is 6.16. The van der Waals surface area contributed by atoms with Gasteiger partial charge >= 0.3 is 0 Å². The molecule has 7 heterocycles. The number of benzene rings is 18. The molecule has 11 heteroatoms. The monoisotopic (exact) mass is 1610 g/mol. The Bertz CT molecular complexity index is 8440. The Kier molecular flexibility index (Phi) is 16.8. The van der Waals surface area contributed by atoms with Crippen molar-refractivity contribution in [2.45, 2.75) is 6.42 Å². The quantitative estimate of drug-likeness (QED) is 0.121. The molecule has 588 valence electrons. The molecule has 0 fully saturated rings. The Labute approximate surface area is 724 Å². The van der Waals surface area contributed by atoms with Crippen LogP contribution in [0.3, 0.4) is 0 Å². The van der Waals surface area contributed by atoms with Crippen molar-refractivity contribution >= 4 is 109 Å². The highest BCUT2D eigenvalue weighted by Crippen LogP contribution is 2.46. The van der Waals surface area contributed by atoms with E-state index in [9.17, 15) is 0 Å². The molecule has 0 spiro atoms. The van der Waals surface area contributed by atoms with Crippen molar-refractivity contribution in [2.24, 2.45) is 0 Å². The summed E-state index contributed by atoms with van der Waals surface area (Å²) in [6.07, 6.45) is 0.874. The van der Waals surface area contributed by atoms with Crippen LogP contribution in [0.5, 0.6) is 0 Å². The number of hydrogen-bond donors (Lipinski definition) is 0. The zero-order valence-corrected chi connectivity index (χ0v) is 68.1. The van der Waals surface area contributed by atoms with Crippen LogP contribution in [0.25, 0.3) is 228 Å². The second-order valence-corrected chi connectivity index (χ2v) is 32.5. The molecule has 11 nitrogen and oxygen atoms in total. The molecule has 0 bridgehead atoms. The molecule has 0 unspecified atom stereocenters. The van der Waals surface area contributed by atoms with E-state index in [1.165, 1.54) is 131 Å². The van der Waals surface area contributed by atoms with Crippen molar-refractivity contribution in [3.63, 3.8) is 0 Å². The van der Waals surface area contributed by atoms with E-state index < -0.39 is 0 Å². The van der Waals surface area contributed by atoms with Gasteiger partial charge in [-0.3, -0.25) is 0 Å². The molecular weight excluding hydrogens is 1540 g/mol. The van der Waals surface area contributed by atoms with Gasteiger partial charge in [0.2, 0.25) is 0 Å². The average molecular weight is 1610 g/mol. The molecule has 1 aliphatic rings. The summed E-state index contributed by atoms with van der Waals surface area (Å²) in [5.74, 6) is 3.91. The summed E-state index contributed by atoms with van der Waals surface area (Å²) >= 11 is 0. The topological polar surface area (TPSA) is 102 Å². The highest BCUT2D eigenvalue weighted by atomic mass is 15.1. The lowest BCUT2D eigenvalue weighted by Gasteiger charge is -2.12. The second kappa shape index (κ2) is 29.4. The Morgan fingerprint density at radius 2 is 0.365 bits per heavy atom. The molecule has 25 aromatic rings. The van der Waals surface area contributed by atoms with E-state index in [4.69, 9.17) is 29.9 Å². The van der Waals surface area contributed by atoms with Crippen LogP contribution in [-0.4, -0.2) is 52.7 Å². The fraction of sp³-hybridized carbons (Fsp3) is 0.00870. The second-order valence-electron chi connectivity index (χ2n) is 32.5. The average Bonchev–Trinajstić information content (AvgIpc) is 1.56. The summed E-state index contributed by atoms with van der Waals surface area (Å²) in [5, 5.41) is 12.3. The third-order valence-electron chi connectivity index (χ3n) is 25.3. The van der Waals surface area contributed by atoms with E-state index in [0.29, 0.717) is 34.9 Å². The number of hydrogen-bond acceptors (Lipinski definition) is 6. The van der Waals surface area contributed by atoms with Crippen molar-refractivity contribution in [3.8, 4) is 119 Å². The van der Waals surface area contributed by atoms with Gasteiger partial charge in [0, 0.05) is 116 Å². The Hall–Kier alpha value is -17.0. The van der Waals surface area contributed by atoms with Crippen LogP contribution in [0.4, 0.5) is 0 Å². The molecule has 0 saturated carbocycles. The first-order valence-electron chi connectivity index (χ1n) is 42.8. The van der Waals surface area contributed by atoms with Gasteiger partial charge in [-0.1, -0.05) is 279 Å². The first-order valence-corrected chi connectivity index (χ1v) is 42.8. The SMILES string of the molecule is c1ccc(-c2nc(-c3ccccc3)nc(-c3ccc(-n4c5ccccc5c5cc(-n6c7ccccc7c7ccccc76)ccc54)cc3)n2)cc1.c1ccc(-c2nc(-c3ccccc3)nc(-c3ccc4c(c3)-c3cc(-n5c6ccccc6c6cc(-c7ccc8c(c7)c7cc(-n9c%10ccccc%10c%10ccccc%109)ccc7n8-c7ccccc7)ccc65)ccc3C4)n2)cc1. The van der Waals surface area contributed by atoms with Crippen LogP contribution in [0.2, 0.25) is 0 Å². The van der Waals surface area contributed by atoms with E-state index in [2.05, 4.69) is 356 Å². The van der Waals surface area contributed by atoms with Crippen molar-refractivity contribution < 1.29 is 0 Å². The maximum Gasteiger partial charge on any atom is 0.164 e. The lowest BCUT2D eigenvalue weighted by molar-refractivity contribution is 1.07. The molecule has 7 aromatic heterocycles. The maximum absolute atomic E-state index is 5.08. The van der Waals surface area contributed by atoms with E-state index in [1.54, 1.807) is 0 Å². The molecule has 26 rings (SSSR count). The third kappa shape index (κ3) is 12.0. The van der Waals surface area contributed by atoms with E-state index in [0.717, 1.165) is 79.3 Å². The lowest BCUT2D eigenvalue weighted by Crippen LogP contribution is -2.00. The smallest absolute Gasteiger partial charge is 0.164 e. The number of rotatable bonds is 12. The molecule has 0 saturated heterocycles. The normalized spacial score (nSPS) is 11.9. The molecular formula is C115H73N11. The van der Waals surface area contributed by atoms with Gasteiger partial charge in [0.05, 0.1) is 55.2 Å². The van der Waals surface area contributed by atoms with E-state index in [1.807, 2.05) is 97.1 Å². The molecule has 18 aromatic carbocycles. The van der Waals surface area contributed by atoms with Gasteiger partial charge < -0.3 is 22.8 Å². The summed E-state index contributed by atoms with van der Waals surface area (Å²) in [6, 6.07) is 154. The van der Waals surface area contributed by atoms with Gasteiger partial charge in [0.25, 0.3) is 0 Å². The van der Waals surface area contributed by atoms with Crippen LogP contribution < -0.4 is 0 Å². The van der Waals surface area contributed by atoms with Gasteiger partial charge in [-0.15, -0.1) is 0 Å². The zero-order valence-electron chi connectivity index (χ0n) is 68.1. The van der Waals surface area contributed by atoms with Gasteiger partial charge in [-0.05, 0) is 191 Å². The van der Waals surface area contributed by atoms with Crippen molar-refractivity contribution in [1.82, 2.24) is 52.7 Å². The Balaban J connectivity index is 0.000000150. The lowest BCUT2D eigenvalue weighted by atomic mass is 10.0. The summed E-state index contributed by atoms with van der Waals surface area (Å²) in [4.78, 5) is 29.8. The molecule has 0 atom stereocenters. The Morgan fingerprint density at radius 1 is 0.143 bits per heavy atom. The number of aromatic nitrogens is 11. The van der Waals surface area contributed by atoms with Crippen molar-refractivity contribution in [3.05, 3.63) is 442 Å². The predicted molar refractivity (Wildman–Crippen MR) is 518 cm³/mol. The molecule has 0 radical (unpaired) electrons. The minimum absolute atomic E-state index is 0.641. The summed E-state index contributed by atoms with van der Waals surface area (Å²) in [5.41, 5.74) is 30.6. The number of fused-ring (bicyclic) bond motifs is 18. The summed E-state index contributed by atoms with van der Waals surface area (Å²) in [7, 11) is 0. The fourth-order valence-corrected chi connectivity index (χ4v) is 19.5. The van der Waals surface area contributed by atoms with Crippen LogP contribution >= 0.6 is 0 Å². The number of para-hydroxylation sites is 7. The van der Waals surface area contributed by atoms with E-state index in [-0.39, 0.29) is 0 Å². The first-order chi connectivity index (χ1) is 62.5. The van der Waals surface area contributed by atoms with Crippen LogP contribution in [0, 0.1) is 0 Å². The molecule has 0 aliphatic heterocycles. The van der Waals surface area contributed by atoms with Crippen LogP contribution in [0.15, 0.2) is 431 Å². The van der Waals surface area contributed by atoms with Crippen LogP contribution in [-0.2, 0) is 6.42 Å². The van der Waals surface area contributed by atoms with Crippen molar-refractivity contribution in [2.75, 3.05) is 0 Å². The van der Waals surface area contributed by atoms with Gasteiger partial charge in [0.1, 0.15) is 0 Å². The first kappa shape index (κ1) is 71.9. The predicted octanol–water partition coefficient (Wildman–Crippen LogP) is 28.5. The van der Waals surface area contributed by atoms with E-state index >= 15 is 0 Å². The van der Waals surface area contributed by atoms with Crippen molar-refractivity contribution in [1.29, 1.82) is 0 Å². The van der Waals surface area contributed by atoms with Gasteiger partial charge in [0.15, 0.2) is 34.9 Å². The molecule has 0 amide bonds. The largest absolute Gasteiger partial charge is 0.309 e. The summed E-state index contributed by atoms with van der Waals surface area (Å²) < 4.78 is 12.0. The fourth-order valence-electron chi connectivity index (χ4n) is 19.5. The standard InChI is InChI=1S/C70H44N6.C45H29N5/c1-4-16-44(17-5-1)68-71-69(45-18-6-2-7-19-45)73-70(72-68)50-29-28-48-38-49-30-33-52(42-58(49)57(48)41-50)76-64-27-15-12-24-56(64)59-39-46(31-35-65(59)76)47-32-36-66-60(40-47)61-43-53(34-37-67(61)74(66)51-20-8-3-9-21-51)75-62-25-13-10-22-54(62)55-23-11-14-26-63(55)75;1-3-13-30(14-4-1)43-46-44(31-15-5-2-6-16-31)48-45(47-43)32-23-25-33(26-24-32)49-41-22-12-9-19-37(41)38-29-34(27-28-42(38)49)50-39-20-10-7-17-35(39)36-18-8-11-21-40(36)50/h1-37,39-43H,38H2;1-29H. The van der Waals surface area contributed by atoms with Crippen LogP contribution in [0.1, 0.15) is 11.1 Å². The highest BCUT2D eigenvalue weighted by Gasteiger charge is 2.26.